The Morgan fingerprint density at radius 3 is 2.52 bits per heavy atom. The number of imide groups is 1. The van der Waals surface area contributed by atoms with E-state index in [1.807, 2.05) is 54.7 Å². The number of carbonyl (C=O) groups excluding carboxylic acids is 2. The lowest BCUT2D eigenvalue weighted by Crippen LogP contribution is -2.67. The average molecular weight is 896 g/mol. The van der Waals surface area contributed by atoms with Crippen LogP contribution in [-0.2, 0) is 16.6 Å². The molecule has 5 fully saturated rings. The number of fused-ring (bicyclic) bond motifs is 2. The van der Waals surface area contributed by atoms with Gasteiger partial charge >= 0.3 is 6.03 Å². The van der Waals surface area contributed by atoms with Crippen molar-refractivity contribution >= 4 is 63.1 Å². The number of methoxy groups -OCH3 is 1. The number of nitrogens with one attached hydrogen (secondary N) is 2. The molecule has 2 N–H and O–H groups in total. The smallest absolute Gasteiger partial charge is 0.329 e. The van der Waals surface area contributed by atoms with Crippen molar-refractivity contribution in [2.75, 3.05) is 74.6 Å². The Balaban J connectivity index is 0.000000259. The first kappa shape index (κ1) is 43.4. The number of ether oxygens (including phenoxy) is 2. The van der Waals surface area contributed by atoms with Gasteiger partial charge in [-0.2, -0.15) is 10.4 Å². The third kappa shape index (κ3) is 8.01. The molecular weight excluding hydrogens is 845 g/mol. The molecule has 1 aliphatic carbocycles. The second-order valence-corrected chi connectivity index (χ2v) is 18.6. The number of urea groups is 1. The molecule has 1 unspecified atom stereocenters. The molecule has 2 spiro atoms. The Hall–Kier alpha value is -5.81. The van der Waals surface area contributed by atoms with Gasteiger partial charge in [-0.05, 0) is 75.5 Å². The molecule has 64 heavy (non-hydrogen) atoms. The molecule has 3 amide bonds. The van der Waals surface area contributed by atoms with E-state index in [2.05, 4.69) is 29.9 Å². The van der Waals surface area contributed by atoms with Crippen molar-refractivity contribution in [3.05, 3.63) is 82.4 Å². The maximum atomic E-state index is 15.5. The number of carbonyl (C=O) groups is 2. The summed E-state index contributed by atoms with van der Waals surface area (Å²) in [6, 6.07) is 15.5. The number of nitrogens with zero attached hydrogens (tertiary/aromatic N) is 9. The van der Waals surface area contributed by atoms with E-state index in [0.29, 0.717) is 40.6 Å². The molecule has 5 aromatic rings. The first-order valence-corrected chi connectivity index (χ1v) is 22.4. The predicted octanol–water partition coefficient (Wildman–Crippen LogP) is 5.97. The summed E-state index contributed by atoms with van der Waals surface area (Å²) in [6.45, 7) is 7.22. The number of amides is 3. The van der Waals surface area contributed by atoms with Crippen molar-refractivity contribution in [1.29, 1.82) is 5.26 Å². The van der Waals surface area contributed by atoms with Gasteiger partial charge in [0, 0.05) is 81.7 Å². The zero-order valence-corrected chi connectivity index (χ0v) is 37.1. The summed E-state index contributed by atoms with van der Waals surface area (Å²) in [5.74, 6) is -0.856. The lowest BCUT2D eigenvalue weighted by molar-refractivity contribution is -0.120. The van der Waals surface area contributed by atoms with Crippen LogP contribution < -0.4 is 30.1 Å². The number of para-hydroxylation sites is 1. The zero-order chi connectivity index (χ0) is 44.9. The molecule has 10 rings (SSSR count). The minimum atomic E-state index is -0.538. The molecule has 3 aromatic carbocycles. The third-order valence-electron chi connectivity index (χ3n) is 13.6. The molecule has 4 aliphatic heterocycles. The van der Waals surface area contributed by atoms with Crippen LogP contribution in [0.4, 0.5) is 30.8 Å². The monoisotopic (exact) mass is 895 g/mol. The molecule has 6 heterocycles. The van der Waals surface area contributed by atoms with Crippen molar-refractivity contribution in [2.45, 2.75) is 63.1 Å². The fraction of sp³-hybridized carbons (Fsp3) is 0.467. The number of halogens is 2. The van der Waals surface area contributed by atoms with Crippen LogP contribution in [0, 0.1) is 28.4 Å². The van der Waals surface area contributed by atoms with Crippen LogP contribution in [0.25, 0.3) is 21.8 Å². The molecule has 5 aliphatic rings. The molecular formula is C45H51F2N11O5S. The van der Waals surface area contributed by atoms with Crippen LogP contribution >= 0.6 is 12.1 Å². The highest BCUT2D eigenvalue weighted by Gasteiger charge is 2.55. The van der Waals surface area contributed by atoms with Crippen molar-refractivity contribution in [3.63, 3.8) is 0 Å². The number of piperidine rings is 1. The Labute approximate surface area is 373 Å². The minimum absolute atomic E-state index is 0.00287. The molecule has 336 valence electrons. The van der Waals surface area contributed by atoms with Gasteiger partial charge < -0.3 is 24.0 Å². The van der Waals surface area contributed by atoms with Crippen LogP contribution in [0.3, 0.4) is 0 Å². The number of aryl methyl sites for hydroxylation is 1. The van der Waals surface area contributed by atoms with Gasteiger partial charge in [0.1, 0.15) is 17.4 Å². The van der Waals surface area contributed by atoms with Crippen molar-refractivity contribution in [3.8, 4) is 11.8 Å². The molecule has 1 atom stereocenters. The number of aromatic nitrogens is 4. The normalized spacial score (nSPS) is 20.6. The Morgan fingerprint density at radius 1 is 1.03 bits per heavy atom. The molecule has 2 aromatic heterocycles. The van der Waals surface area contributed by atoms with E-state index < -0.39 is 11.8 Å². The van der Waals surface area contributed by atoms with Gasteiger partial charge in [-0.1, -0.05) is 19.1 Å². The SMILES string of the molecule is CCN(C)SNc1ccc(F)c(OC)c1C#N.Cn1nc(N2CCC(=O)NC2=O)c2cc(F)c(N3CC4(CC(N5CCC6(CC5)CC(n5cnc7ccccc7c5=O)CO6)C4)C3)cc21. The van der Waals surface area contributed by atoms with Gasteiger partial charge in [0.15, 0.2) is 17.4 Å². The number of nitriles is 1. The Bertz CT molecular complexity index is 2720. The highest BCUT2D eigenvalue weighted by Crippen LogP contribution is 2.53. The lowest BCUT2D eigenvalue weighted by Gasteiger charge is -2.62. The third-order valence-corrected chi connectivity index (χ3v) is 14.5. The summed E-state index contributed by atoms with van der Waals surface area (Å²) >= 11 is 1.34. The molecule has 0 bridgehead atoms. The molecule has 1 saturated carbocycles. The number of benzene rings is 3. The topological polar surface area (TPSA) is 166 Å². The molecule has 0 radical (unpaired) electrons. The van der Waals surface area contributed by atoms with E-state index in [9.17, 15) is 18.8 Å². The standard InChI is InChI=1S/C34H37FN8O4.C11H14FN3OS/c1-39-27-13-28(25(35)12-24(27)30(38-39)42-9-6-29(44)37-32(42)46)41-18-33(19-41)14-21(15-33)40-10-7-34(8-11-40)16-22(17-47-34)43-20-36-26-5-3-2-4-23(26)31(43)45;1-4-15(2)17-14-10-6-5-9(12)11(16-3)8(10)7-13/h2-5,12-13,20-22H,6-11,14-19H2,1H3,(H,37,44,46);5-6,14H,4H2,1-3H3. The molecule has 4 saturated heterocycles. The molecule has 19 heteroatoms. The lowest BCUT2D eigenvalue weighted by atomic mass is 9.59. The maximum absolute atomic E-state index is 15.5. The van der Waals surface area contributed by atoms with Crippen LogP contribution in [-0.4, -0.2) is 112 Å². The predicted molar refractivity (Wildman–Crippen MR) is 240 cm³/mol. The van der Waals surface area contributed by atoms with Crippen LogP contribution in [0.2, 0.25) is 0 Å². The van der Waals surface area contributed by atoms with Gasteiger partial charge in [0.05, 0.1) is 59.5 Å². The fourth-order valence-corrected chi connectivity index (χ4v) is 10.5. The second kappa shape index (κ2) is 17.3. The summed E-state index contributed by atoms with van der Waals surface area (Å²) in [7, 11) is 5.04. The quantitative estimate of drug-likeness (QED) is 0.167. The van der Waals surface area contributed by atoms with Gasteiger partial charge in [-0.25, -0.2) is 22.9 Å². The summed E-state index contributed by atoms with van der Waals surface area (Å²) in [5.41, 5.74) is 2.78. The van der Waals surface area contributed by atoms with Gasteiger partial charge in [0.2, 0.25) is 5.91 Å². The van der Waals surface area contributed by atoms with Gasteiger partial charge in [-0.15, -0.1) is 0 Å². The number of anilines is 3. The van der Waals surface area contributed by atoms with Gasteiger partial charge in [-0.3, -0.25) is 29.1 Å². The number of hydrogen-bond donors (Lipinski definition) is 2. The van der Waals surface area contributed by atoms with Gasteiger partial charge in [0.25, 0.3) is 5.56 Å². The largest absolute Gasteiger partial charge is 0.492 e. The van der Waals surface area contributed by atoms with Crippen molar-refractivity contribution in [1.82, 2.24) is 33.9 Å². The Kier molecular flexibility index (Phi) is 11.7. The number of rotatable bonds is 9. The fourth-order valence-electron chi connectivity index (χ4n) is 9.98. The summed E-state index contributed by atoms with van der Waals surface area (Å²) < 4.78 is 48.6. The summed E-state index contributed by atoms with van der Waals surface area (Å²) in [6.07, 6.45) is 6.84. The highest BCUT2D eigenvalue weighted by molar-refractivity contribution is 7.98. The number of hydrogen-bond acceptors (Lipinski definition) is 13. The molecule has 16 nitrogen and oxygen atoms in total. The van der Waals surface area contributed by atoms with Crippen LogP contribution in [0.1, 0.15) is 57.1 Å². The summed E-state index contributed by atoms with van der Waals surface area (Å²) in [5, 5.41) is 17.0. The minimum Gasteiger partial charge on any atom is -0.492 e. The van der Waals surface area contributed by atoms with E-state index in [4.69, 9.17) is 14.7 Å². The van der Waals surface area contributed by atoms with Crippen LogP contribution in [0.5, 0.6) is 5.75 Å². The van der Waals surface area contributed by atoms with E-state index in [1.165, 1.54) is 42.3 Å². The Morgan fingerprint density at radius 2 is 1.80 bits per heavy atom. The van der Waals surface area contributed by atoms with E-state index in [0.717, 1.165) is 75.9 Å². The first-order chi connectivity index (χ1) is 30.8. The van der Waals surface area contributed by atoms with E-state index in [-0.39, 0.29) is 58.6 Å². The number of likely N-dealkylation sites (tertiary alicyclic amines) is 1. The first-order valence-electron chi connectivity index (χ1n) is 21.6. The zero-order valence-electron chi connectivity index (χ0n) is 36.3. The maximum Gasteiger partial charge on any atom is 0.329 e. The summed E-state index contributed by atoms with van der Waals surface area (Å²) in [4.78, 5) is 47.8. The van der Waals surface area contributed by atoms with E-state index >= 15 is 4.39 Å². The van der Waals surface area contributed by atoms with Crippen LogP contribution in [0.15, 0.2) is 59.7 Å². The van der Waals surface area contributed by atoms with E-state index in [1.54, 1.807) is 22.6 Å². The van der Waals surface area contributed by atoms with Crippen molar-refractivity contribution in [2.24, 2.45) is 12.5 Å². The van der Waals surface area contributed by atoms with Crippen molar-refractivity contribution < 1.29 is 27.8 Å². The second-order valence-electron chi connectivity index (χ2n) is 17.6. The average Bonchev–Trinajstić information content (AvgIpc) is 3.82. The highest BCUT2D eigenvalue weighted by atomic mass is 32.2.